The summed E-state index contributed by atoms with van der Waals surface area (Å²) in [6.45, 7) is 8.84. The average molecular weight is 573 g/mol. The van der Waals surface area contributed by atoms with Crippen molar-refractivity contribution >= 4 is 29.9 Å². The van der Waals surface area contributed by atoms with Crippen molar-refractivity contribution in [2.75, 3.05) is 13.1 Å². The van der Waals surface area contributed by atoms with Gasteiger partial charge in [0, 0.05) is 44.1 Å². The third-order valence-corrected chi connectivity index (χ3v) is 6.34. The maximum atomic E-state index is 4.93. The van der Waals surface area contributed by atoms with Crippen molar-refractivity contribution in [3.8, 4) is 0 Å². The molecule has 1 aliphatic rings. The van der Waals surface area contributed by atoms with Gasteiger partial charge < -0.3 is 10.6 Å². The van der Waals surface area contributed by atoms with Crippen LogP contribution in [-0.2, 0) is 19.6 Å². The van der Waals surface area contributed by atoms with Crippen molar-refractivity contribution in [3.05, 3.63) is 89.7 Å². The van der Waals surface area contributed by atoms with E-state index in [2.05, 4.69) is 89.1 Å². The van der Waals surface area contributed by atoms with Gasteiger partial charge in [-0.15, -0.1) is 24.0 Å². The molecule has 3 aromatic rings. The molecule has 2 N–H and O–H groups in total. The first-order chi connectivity index (χ1) is 16.2. The molecular formula is C27H37IN6. The molecule has 0 spiro atoms. The Bertz CT molecular complexity index is 1000. The Labute approximate surface area is 220 Å². The van der Waals surface area contributed by atoms with Crippen molar-refractivity contribution in [2.45, 2.75) is 58.4 Å². The number of hydrogen-bond acceptors (Lipinski definition) is 3. The second-order valence-corrected chi connectivity index (χ2v) is 8.84. The Morgan fingerprint density at radius 3 is 2.50 bits per heavy atom. The van der Waals surface area contributed by atoms with Gasteiger partial charge in [-0.1, -0.05) is 54.6 Å². The van der Waals surface area contributed by atoms with E-state index in [1.807, 2.05) is 23.1 Å². The Morgan fingerprint density at radius 2 is 1.79 bits per heavy atom. The van der Waals surface area contributed by atoms with E-state index in [0.29, 0.717) is 18.6 Å². The molecule has 4 rings (SSSR count). The fourth-order valence-corrected chi connectivity index (χ4v) is 4.52. The SMILES string of the molecule is CCNC(=NCc1ccccc1Cn1cccn1)NC1CCN(Cc2ccccc2)C(C)C1.I. The summed E-state index contributed by atoms with van der Waals surface area (Å²) in [7, 11) is 0. The number of halogens is 1. The zero-order valence-electron chi connectivity index (χ0n) is 20.2. The van der Waals surface area contributed by atoms with Gasteiger partial charge in [0.05, 0.1) is 13.1 Å². The fraction of sp³-hybridized carbons (Fsp3) is 0.407. The van der Waals surface area contributed by atoms with Crippen LogP contribution >= 0.6 is 24.0 Å². The van der Waals surface area contributed by atoms with Crippen molar-refractivity contribution in [2.24, 2.45) is 4.99 Å². The van der Waals surface area contributed by atoms with E-state index < -0.39 is 0 Å². The topological polar surface area (TPSA) is 57.5 Å². The molecule has 34 heavy (non-hydrogen) atoms. The molecule has 2 heterocycles. The molecule has 1 fully saturated rings. The average Bonchev–Trinajstić information content (AvgIpc) is 3.34. The normalized spacial score (nSPS) is 18.8. The van der Waals surface area contributed by atoms with E-state index in [1.165, 1.54) is 16.7 Å². The summed E-state index contributed by atoms with van der Waals surface area (Å²) in [5.74, 6) is 0.903. The summed E-state index contributed by atoms with van der Waals surface area (Å²) in [5, 5.41) is 11.5. The highest BCUT2D eigenvalue weighted by Crippen LogP contribution is 2.20. The summed E-state index contributed by atoms with van der Waals surface area (Å²) < 4.78 is 1.95. The Balaban J connectivity index is 0.00000324. The summed E-state index contributed by atoms with van der Waals surface area (Å²) >= 11 is 0. The van der Waals surface area contributed by atoms with Gasteiger partial charge >= 0.3 is 0 Å². The van der Waals surface area contributed by atoms with Gasteiger partial charge in [0.25, 0.3) is 0 Å². The van der Waals surface area contributed by atoms with E-state index in [4.69, 9.17) is 4.99 Å². The van der Waals surface area contributed by atoms with Crippen molar-refractivity contribution in [1.82, 2.24) is 25.3 Å². The predicted octanol–water partition coefficient (Wildman–Crippen LogP) is 4.66. The Kier molecular flexibility index (Phi) is 10.4. The lowest BCUT2D eigenvalue weighted by Gasteiger charge is -2.38. The number of guanidine groups is 1. The lowest BCUT2D eigenvalue weighted by atomic mass is 9.97. The first kappa shape index (κ1) is 26.2. The quantitative estimate of drug-likeness (QED) is 0.234. The van der Waals surface area contributed by atoms with E-state index in [9.17, 15) is 0 Å². The van der Waals surface area contributed by atoms with Crippen molar-refractivity contribution in [3.63, 3.8) is 0 Å². The lowest BCUT2D eigenvalue weighted by Crippen LogP contribution is -2.51. The van der Waals surface area contributed by atoms with Gasteiger partial charge in [-0.25, -0.2) is 4.99 Å². The van der Waals surface area contributed by atoms with Crippen LogP contribution in [0.1, 0.15) is 43.4 Å². The summed E-state index contributed by atoms with van der Waals surface area (Å²) in [5.41, 5.74) is 3.87. The first-order valence-corrected chi connectivity index (χ1v) is 12.1. The molecule has 0 bridgehead atoms. The molecule has 182 valence electrons. The van der Waals surface area contributed by atoms with Crippen molar-refractivity contribution < 1.29 is 0 Å². The van der Waals surface area contributed by atoms with E-state index in [1.54, 1.807) is 0 Å². The van der Waals surface area contributed by atoms with E-state index in [0.717, 1.165) is 45.0 Å². The van der Waals surface area contributed by atoms with Crippen LogP contribution in [0.15, 0.2) is 78.0 Å². The smallest absolute Gasteiger partial charge is 0.191 e. The standard InChI is InChI=1S/C27H36N6.HI/c1-3-28-27(29-19-24-12-7-8-13-25(24)21-33-16-9-15-30-33)31-26-14-17-32(22(2)18-26)20-23-10-5-4-6-11-23;/h4-13,15-16,22,26H,3,14,17-21H2,1-2H3,(H2,28,29,31);1H. The Morgan fingerprint density at radius 1 is 1.03 bits per heavy atom. The van der Waals surface area contributed by atoms with Crippen molar-refractivity contribution in [1.29, 1.82) is 0 Å². The number of piperidine rings is 1. The molecule has 7 heteroatoms. The molecular weight excluding hydrogens is 535 g/mol. The summed E-state index contributed by atoms with van der Waals surface area (Å²) in [6, 6.07) is 22.2. The van der Waals surface area contributed by atoms with Gasteiger partial charge in [-0.05, 0) is 49.4 Å². The number of nitrogens with zero attached hydrogens (tertiary/aromatic N) is 4. The van der Waals surface area contributed by atoms with Crippen LogP contribution in [0.3, 0.4) is 0 Å². The molecule has 1 aromatic heterocycles. The molecule has 0 amide bonds. The van der Waals surface area contributed by atoms with E-state index >= 15 is 0 Å². The van der Waals surface area contributed by atoms with Gasteiger partial charge in [-0.2, -0.15) is 5.10 Å². The minimum Gasteiger partial charge on any atom is -0.357 e. The zero-order valence-corrected chi connectivity index (χ0v) is 22.6. The molecule has 2 unspecified atom stereocenters. The summed E-state index contributed by atoms with van der Waals surface area (Å²) in [4.78, 5) is 7.52. The van der Waals surface area contributed by atoms with Crippen LogP contribution in [0.25, 0.3) is 0 Å². The third-order valence-electron chi connectivity index (χ3n) is 6.34. The number of nitrogens with one attached hydrogen (secondary N) is 2. The molecule has 1 aliphatic heterocycles. The third kappa shape index (κ3) is 7.56. The van der Waals surface area contributed by atoms with Gasteiger partial charge in [0.1, 0.15) is 0 Å². The molecule has 2 aromatic carbocycles. The number of hydrogen-bond donors (Lipinski definition) is 2. The van der Waals surface area contributed by atoms with Crippen LogP contribution in [0.4, 0.5) is 0 Å². The van der Waals surface area contributed by atoms with Gasteiger partial charge in [0.15, 0.2) is 5.96 Å². The highest BCUT2D eigenvalue weighted by atomic mass is 127. The van der Waals surface area contributed by atoms with Crippen LogP contribution in [-0.4, -0.2) is 45.8 Å². The summed E-state index contributed by atoms with van der Waals surface area (Å²) in [6.07, 6.45) is 6.06. The highest BCUT2D eigenvalue weighted by Gasteiger charge is 2.26. The molecule has 2 atom stereocenters. The second kappa shape index (κ2) is 13.5. The highest BCUT2D eigenvalue weighted by molar-refractivity contribution is 14.0. The fourth-order valence-electron chi connectivity index (χ4n) is 4.52. The maximum Gasteiger partial charge on any atom is 0.191 e. The first-order valence-electron chi connectivity index (χ1n) is 12.1. The van der Waals surface area contributed by atoms with Crippen LogP contribution < -0.4 is 10.6 Å². The molecule has 1 saturated heterocycles. The molecule has 0 saturated carbocycles. The number of aromatic nitrogens is 2. The lowest BCUT2D eigenvalue weighted by molar-refractivity contribution is 0.134. The number of likely N-dealkylation sites (tertiary alicyclic amines) is 1. The minimum absolute atomic E-state index is 0. The second-order valence-electron chi connectivity index (χ2n) is 8.84. The minimum atomic E-state index is 0. The van der Waals surface area contributed by atoms with Crippen LogP contribution in [0.5, 0.6) is 0 Å². The number of rotatable bonds is 8. The Hall–Kier alpha value is -2.39. The van der Waals surface area contributed by atoms with Gasteiger partial charge in [0.2, 0.25) is 0 Å². The molecule has 6 nitrogen and oxygen atoms in total. The monoisotopic (exact) mass is 572 g/mol. The maximum absolute atomic E-state index is 4.93. The predicted molar refractivity (Wildman–Crippen MR) is 150 cm³/mol. The van der Waals surface area contributed by atoms with E-state index in [-0.39, 0.29) is 24.0 Å². The zero-order chi connectivity index (χ0) is 22.9. The molecule has 0 aliphatic carbocycles. The number of aliphatic imine (C=N–C) groups is 1. The van der Waals surface area contributed by atoms with Crippen LogP contribution in [0, 0.1) is 0 Å². The van der Waals surface area contributed by atoms with Gasteiger partial charge in [-0.3, -0.25) is 9.58 Å². The number of benzene rings is 2. The van der Waals surface area contributed by atoms with Crippen LogP contribution in [0.2, 0.25) is 0 Å². The molecule has 0 radical (unpaired) electrons. The largest absolute Gasteiger partial charge is 0.357 e.